The monoisotopic (exact) mass is 236 g/mol. The molecule has 0 atom stereocenters. The van der Waals surface area contributed by atoms with Crippen molar-refractivity contribution in [2.75, 3.05) is 0 Å². The summed E-state index contributed by atoms with van der Waals surface area (Å²) < 4.78 is 5.81. The Hall–Kier alpha value is -1.16. The minimum Gasteiger partial charge on any atom is -0.473 e. The largest absolute Gasteiger partial charge is 0.473 e. The molecule has 0 aliphatic heterocycles. The third-order valence-electron chi connectivity index (χ3n) is 3.40. The van der Waals surface area contributed by atoms with Gasteiger partial charge in [-0.15, -0.1) is 0 Å². The molecule has 0 saturated heterocycles. The minimum absolute atomic E-state index is 0.0953. The number of aliphatic hydroxyl groups is 1. The van der Waals surface area contributed by atoms with Gasteiger partial charge in [-0.25, -0.2) is 4.98 Å². The SMILES string of the molecule is CC1(C)CCC(Oc2cncc(CO)n2)CC1. The molecule has 0 unspecified atom stereocenters. The predicted octanol–water partition coefficient (Wildman–Crippen LogP) is 2.32. The van der Waals surface area contributed by atoms with Crippen LogP contribution < -0.4 is 4.74 Å². The van der Waals surface area contributed by atoms with Gasteiger partial charge in [-0.05, 0) is 31.1 Å². The summed E-state index contributed by atoms with van der Waals surface area (Å²) in [4.78, 5) is 8.19. The molecule has 0 radical (unpaired) electrons. The zero-order chi connectivity index (χ0) is 12.3. The van der Waals surface area contributed by atoms with Crippen LogP contribution in [0.4, 0.5) is 0 Å². The van der Waals surface area contributed by atoms with Gasteiger partial charge in [0.05, 0.1) is 24.7 Å². The standard InChI is InChI=1S/C13H20N2O2/c1-13(2)5-3-11(4-6-13)17-12-8-14-7-10(9-16)15-12/h7-8,11,16H,3-6,9H2,1-2H3. The molecule has 94 valence electrons. The molecule has 0 spiro atoms. The van der Waals surface area contributed by atoms with E-state index in [1.807, 2.05) is 0 Å². The normalized spacial score (nSPS) is 20.2. The maximum atomic E-state index is 8.98. The van der Waals surface area contributed by atoms with Gasteiger partial charge in [-0.2, -0.15) is 0 Å². The molecule has 1 aliphatic rings. The molecule has 2 rings (SSSR count). The number of aromatic nitrogens is 2. The summed E-state index contributed by atoms with van der Waals surface area (Å²) in [6.07, 6.45) is 7.91. The number of ether oxygens (including phenoxy) is 1. The first kappa shape index (κ1) is 12.3. The van der Waals surface area contributed by atoms with Gasteiger partial charge < -0.3 is 9.84 Å². The predicted molar refractivity (Wildman–Crippen MR) is 64.6 cm³/mol. The van der Waals surface area contributed by atoms with Crippen molar-refractivity contribution >= 4 is 0 Å². The summed E-state index contributed by atoms with van der Waals surface area (Å²) in [6.45, 7) is 4.51. The lowest BCUT2D eigenvalue weighted by Gasteiger charge is -2.34. The highest BCUT2D eigenvalue weighted by molar-refractivity contribution is 5.08. The van der Waals surface area contributed by atoms with Gasteiger partial charge in [0.2, 0.25) is 5.88 Å². The number of hydrogen-bond donors (Lipinski definition) is 1. The molecular weight excluding hydrogens is 216 g/mol. The summed E-state index contributed by atoms with van der Waals surface area (Å²) in [5.74, 6) is 0.529. The first-order valence-electron chi connectivity index (χ1n) is 6.17. The number of nitrogens with zero attached hydrogens (tertiary/aromatic N) is 2. The zero-order valence-electron chi connectivity index (χ0n) is 10.5. The summed E-state index contributed by atoms with van der Waals surface area (Å²) in [7, 11) is 0. The Morgan fingerprint density at radius 2 is 2.06 bits per heavy atom. The summed E-state index contributed by atoms with van der Waals surface area (Å²) in [5, 5.41) is 8.98. The lowest BCUT2D eigenvalue weighted by molar-refractivity contribution is 0.0939. The van der Waals surface area contributed by atoms with E-state index in [9.17, 15) is 0 Å². The third kappa shape index (κ3) is 3.40. The van der Waals surface area contributed by atoms with Gasteiger partial charge in [0.1, 0.15) is 6.10 Å². The maximum Gasteiger partial charge on any atom is 0.232 e. The van der Waals surface area contributed by atoms with Crippen molar-refractivity contribution in [2.45, 2.75) is 52.2 Å². The second-order valence-electron chi connectivity index (χ2n) is 5.49. The van der Waals surface area contributed by atoms with E-state index < -0.39 is 0 Å². The Morgan fingerprint density at radius 3 is 2.71 bits per heavy atom. The van der Waals surface area contributed by atoms with Gasteiger partial charge >= 0.3 is 0 Å². The van der Waals surface area contributed by atoms with Gasteiger partial charge in [-0.3, -0.25) is 4.98 Å². The van der Waals surface area contributed by atoms with E-state index in [0.717, 1.165) is 12.8 Å². The highest BCUT2D eigenvalue weighted by Gasteiger charge is 2.28. The lowest BCUT2D eigenvalue weighted by Crippen LogP contribution is -2.28. The van der Waals surface area contributed by atoms with Crippen molar-refractivity contribution in [3.05, 3.63) is 18.1 Å². The quantitative estimate of drug-likeness (QED) is 0.875. The van der Waals surface area contributed by atoms with Crippen LogP contribution in [0.3, 0.4) is 0 Å². The summed E-state index contributed by atoms with van der Waals surface area (Å²) in [5.41, 5.74) is 0.997. The Bertz CT molecular complexity index is 369. The third-order valence-corrected chi connectivity index (χ3v) is 3.40. The average Bonchev–Trinajstić information content (AvgIpc) is 2.32. The second-order valence-corrected chi connectivity index (χ2v) is 5.49. The Kier molecular flexibility index (Phi) is 3.62. The molecule has 1 aromatic heterocycles. The highest BCUT2D eigenvalue weighted by Crippen LogP contribution is 2.36. The second kappa shape index (κ2) is 5.00. The van der Waals surface area contributed by atoms with E-state index in [2.05, 4.69) is 23.8 Å². The lowest BCUT2D eigenvalue weighted by atomic mass is 9.76. The first-order chi connectivity index (χ1) is 8.09. The molecule has 0 amide bonds. The molecule has 0 bridgehead atoms. The molecule has 1 N–H and O–H groups in total. The number of aliphatic hydroxyl groups excluding tert-OH is 1. The van der Waals surface area contributed by atoms with E-state index >= 15 is 0 Å². The Morgan fingerprint density at radius 1 is 1.35 bits per heavy atom. The van der Waals surface area contributed by atoms with E-state index in [4.69, 9.17) is 9.84 Å². The van der Waals surface area contributed by atoms with Crippen molar-refractivity contribution in [1.82, 2.24) is 9.97 Å². The smallest absolute Gasteiger partial charge is 0.232 e. The number of hydrogen-bond acceptors (Lipinski definition) is 4. The van der Waals surface area contributed by atoms with Crippen LogP contribution >= 0.6 is 0 Å². The highest BCUT2D eigenvalue weighted by atomic mass is 16.5. The van der Waals surface area contributed by atoms with Crippen LogP contribution in [0.2, 0.25) is 0 Å². The van der Waals surface area contributed by atoms with Crippen LogP contribution in [0.1, 0.15) is 45.2 Å². The zero-order valence-corrected chi connectivity index (χ0v) is 10.5. The van der Waals surface area contributed by atoms with Gasteiger partial charge in [0.15, 0.2) is 0 Å². The Labute approximate surface area is 102 Å². The first-order valence-corrected chi connectivity index (χ1v) is 6.17. The van der Waals surface area contributed by atoms with Gasteiger partial charge in [-0.1, -0.05) is 13.8 Å². The van der Waals surface area contributed by atoms with Gasteiger partial charge in [0.25, 0.3) is 0 Å². The molecule has 1 aliphatic carbocycles. The summed E-state index contributed by atoms with van der Waals surface area (Å²) >= 11 is 0. The fourth-order valence-corrected chi connectivity index (χ4v) is 2.18. The van der Waals surface area contributed by atoms with Crippen molar-refractivity contribution in [3.8, 4) is 5.88 Å². The van der Waals surface area contributed by atoms with Crippen molar-refractivity contribution in [2.24, 2.45) is 5.41 Å². The fourth-order valence-electron chi connectivity index (χ4n) is 2.18. The minimum atomic E-state index is -0.0953. The molecule has 1 fully saturated rings. The molecule has 4 heteroatoms. The summed E-state index contributed by atoms with van der Waals surface area (Å²) in [6, 6.07) is 0. The van der Waals surface area contributed by atoms with Crippen LogP contribution in [0, 0.1) is 5.41 Å². The molecule has 0 aromatic carbocycles. The van der Waals surface area contributed by atoms with Crippen LogP contribution in [-0.4, -0.2) is 21.2 Å². The average molecular weight is 236 g/mol. The number of rotatable bonds is 3. The fraction of sp³-hybridized carbons (Fsp3) is 0.692. The van der Waals surface area contributed by atoms with Crippen LogP contribution in [0.15, 0.2) is 12.4 Å². The molecule has 1 aromatic rings. The molecule has 1 heterocycles. The molecule has 4 nitrogen and oxygen atoms in total. The molecule has 1 saturated carbocycles. The van der Waals surface area contributed by atoms with E-state index in [-0.39, 0.29) is 12.7 Å². The van der Waals surface area contributed by atoms with Crippen molar-refractivity contribution in [3.63, 3.8) is 0 Å². The van der Waals surface area contributed by atoms with E-state index in [0.29, 0.717) is 17.0 Å². The van der Waals surface area contributed by atoms with Crippen LogP contribution in [0.25, 0.3) is 0 Å². The van der Waals surface area contributed by atoms with E-state index in [1.165, 1.54) is 12.8 Å². The van der Waals surface area contributed by atoms with Crippen molar-refractivity contribution < 1.29 is 9.84 Å². The molecule has 17 heavy (non-hydrogen) atoms. The molecular formula is C13H20N2O2. The van der Waals surface area contributed by atoms with Crippen molar-refractivity contribution in [1.29, 1.82) is 0 Å². The van der Waals surface area contributed by atoms with Crippen LogP contribution in [0.5, 0.6) is 5.88 Å². The van der Waals surface area contributed by atoms with Crippen LogP contribution in [-0.2, 0) is 6.61 Å². The maximum absolute atomic E-state index is 8.98. The topological polar surface area (TPSA) is 55.2 Å². The Balaban J connectivity index is 1.93. The van der Waals surface area contributed by atoms with E-state index in [1.54, 1.807) is 12.4 Å². The van der Waals surface area contributed by atoms with Gasteiger partial charge in [0, 0.05) is 0 Å².